The Morgan fingerprint density at radius 1 is 1.21 bits per heavy atom. The molecule has 0 aromatic heterocycles. The van der Waals surface area contributed by atoms with Crippen LogP contribution in [0, 0.1) is 5.92 Å². The van der Waals surface area contributed by atoms with Gasteiger partial charge < -0.3 is 19.6 Å². The van der Waals surface area contributed by atoms with Crippen LogP contribution in [0.15, 0.2) is 0 Å². The van der Waals surface area contributed by atoms with Gasteiger partial charge in [0.05, 0.1) is 6.10 Å². The van der Waals surface area contributed by atoms with Gasteiger partial charge in [0.1, 0.15) is 0 Å². The molecule has 1 N–H and O–H groups in total. The van der Waals surface area contributed by atoms with E-state index >= 15 is 0 Å². The minimum absolute atomic E-state index is 0.0367. The molecule has 2 aliphatic rings. The third-order valence-electron chi connectivity index (χ3n) is 4.00. The molecule has 0 aromatic rings. The van der Waals surface area contributed by atoms with Crippen LogP contribution >= 0.6 is 0 Å². The average Bonchev–Trinajstić information content (AvgIpc) is 2.86. The topological polar surface area (TPSA) is 70.1 Å². The first-order valence-corrected chi connectivity index (χ1v) is 6.88. The monoisotopic (exact) mass is 270 g/mol. The van der Waals surface area contributed by atoms with Gasteiger partial charge in [-0.3, -0.25) is 4.79 Å². The molecule has 108 valence electrons. The number of piperidine rings is 1. The van der Waals surface area contributed by atoms with Gasteiger partial charge in [0.15, 0.2) is 0 Å². The number of carboxylic acids is 1. The zero-order valence-electron chi connectivity index (χ0n) is 11.4. The van der Waals surface area contributed by atoms with E-state index in [2.05, 4.69) is 0 Å². The van der Waals surface area contributed by atoms with Crippen molar-refractivity contribution in [2.24, 2.45) is 5.92 Å². The van der Waals surface area contributed by atoms with Gasteiger partial charge in [0, 0.05) is 39.7 Å². The van der Waals surface area contributed by atoms with Crippen LogP contribution in [-0.4, -0.2) is 66.3 Å². The number of carbonyl (C=O) groups is 2. The van der Waals surface area contributed by atoms with Crippen molar-refractivity contribution < 1.29 is 19.4 Å². The van der Waals surface area contributed by atoms with E-state index in [1.165, 1.54) is 0 Å². The Labute approximate surface area is 113 Å². The lowest BCUT2D eigenvalue weighted by atomic mass is 9.95. The zero-order valence-corrected chi connectivity index (χ0v) is 11.4. The van der Waals surface area contributed by atoms with Crippen LogP contribution in [0.1, 0.15) is 25.7 Å². The van der Waals surface area contributed by atoms with E-state index in [1.54, 1.807) is 12.0 Å². The zero-order chi connectivity index (χ0) is 13.8. The number of methoxy groups -OCH3 is 1. The number of amides is 2. The van der Waals surface area contributed by atoms with Crippen LogP contribution in [0.25, 0.3) is 0 Å². The minimum Gasteiger partial charge on any atom is -0.481 e. The molecule has 6 heteroatoms. The number of carboxylic acid groups (broad SMARTS) is 1. The number of aliphatic carboxylic acids is 1. The summed E-state index contributed by atoms with van der Waals surface area (Å²) in [5, 5.41) is 8.84. The SMILES string of the molecule is COC1CCN(C(=O)N2CCCC(CC(=O)O)C2)C1. The molecule has 2 heterocycles. The summed E-state index contributed by atoms with van der Waals surface area (Å²) < 4.78 is 5.26. The fraction of sp³-hybridized carbons (Fsp3) is 0.846. The molecule has 6 nitrogen and oxygen atoms in total. The molecular weight excluding hydrogens is 248 g/mol. The van der Waals surface area contributed by atoms with E-state index in [-0.39, 0.29) is 24.5 Å². The Kier molecular flexibility index (Phi) is 4.63. The highest BCUT2D eigenvalue weighted by molar-refractivity contribution is 5.75. The summed E-state index contributed by atoms with van der Waals surface area (Å²) in [5.41, 5.74) is 0. The standard InChI is InChI=1S/C13H22N2O4/c1-19-11-4-6-15(9-11)13(18)14-5-2-3-10(8-14)7-12(16)17/h10-11H,2-9H2,1H3,(H,16,17). The maximum absolute atomic E-state index is 12.3. The van der Waals surface area contributed by atoms with E-state index in [0.29, 0.717) is 13.1 Å². The fourth-order valence-corrected chi connectivity index (χ4v) is 2.95. The summed E-state index contributed by atoms with van der Waals surface area (Å²) in [7, 11) is 1.67. The highest BCUT2D eigenvalue weighted by atomic mass is 16.5. The predicted octanol–water partition coefficient (Wildman–Crippen LogP) is 1.01. The summed E-state index contributed by atoms with van der Waals surface area (Å²) in [5.74, 6) is -0.684. The van der Waals surface area contributed by atoms with Crippen LogP contribution in [0.5, 0.6) is 0 Å². The van der Waals surface area contributed by atoms with Gasteiger partial charge in [-0.2, -0.15) is 0 Å². The Bertz CT molecular complexity index is 348. The number of rotatable bonds is 3. The number of likely N-dealkylation sites (tertiary alicyclic amines) is 2. The highest BCUT2D eigenvalue weighted by Crippen LogP contribution is 2.22. The number of urea groups is 1. The molecular formula is C13H22N2O4. The van der Waals surface area contributed by atoms with Crippen molar-refractivity contribution in [1.82, 2.24) is 9.80 Å². The molecule has 0 aliphatic carbocycles. The normalized spacial score (nSPS) is 27.6. The summed E-state index contributed by atoms with van der Waals surface area (Å²) in [4.78, 5) is 26.7. The predicted molar refractivity (Wildman–Crippen MR) is 68.9 cm³/mol. The van der Waals surface area contributed by atoms with Crippen molar-refractivity contribution in [3.8, 4) is 0 Å². The molecule has 2 rings (SSSR count). The van der Waals surface area contributed by atoms with Crippen molar-refractivity contribution in [1.29, 1.82) is 0 Å². The Balaban J connectivity index is 1.87. The third-order valence-corrected chi connectivity index (χ3v) is 4.00. The number of carbonyl (C=O) groups excluding carboxylic acids is 1. The maximum Gasteiger partial charge on any atom is 0.320 e. The second-order valence-electron chi connectivity index (χ2n) is 5.43. The molecule has 2 saturated heterocycles. The highest BCUT2D eigenvalue weighted by Gasteiger charge is 2.32. The van der Waals surface area contributed by atoms with E-state index in [1.807, 2.05) is 4.90 Å². The molecule has 2 fully saturated rings. The first-order chi connectivity index (χ1) is 9.10. The molecule has 0 bridgehead atoms. The van der Waals surface area contributed by atoms with Crippen molar-refractivity contribution in [2.45, 2.75) is 31.8 Å². The molecule has 2 aliphatic heterocycles. The quantitative estimate of drug-likeness (QED) is 0.831. The molecule has 2 unspecified atom stereocenters. The number of ether oxygens (including phenoxy) is 1. The summed E-state index contributed by atoms with van der Waals surface area (Å²) in [6.45, 7) is 2.69. The molecule has 0 aromatic carbocycles. The van der Waals surface area contributed by atoms with Crippen LogP contribution in [-0.2, 0) is 9.53 Å². The first-order valence-electron chi connectivity index (χ1n) is 6.88. The summed E-state index contributed by atoms with van der Waals surface area (Å²) in [6.07, 6.45) is 2.98. The lowest BCUT2D eigenvalue weighted by Gasteiger charge is -2.34. The van der Waals surface area contributed by atoms with Gasteiger partial charge in [-0.15, -0.1) is 0 Å². The number of nitrogens with zero attached hydrogens (tertiary/aromatic N) is 2. The van der Waals surface area contributed by atoms with Crippen molar-refractivity contribution in [3.63, 3.8) is 0 Å². The Hall–Kier alpha value is -1.30. The van der Waals surface area contributed by atoms with Crippen LogP contribution in [0.3, 0.4) is 0 Å². The van der Waals surface area contributed by atoms with Gasteiger partial charge in [0.25, 0.3) is 0 Å². The van der Waals surface area contributed by atoms with Crippen LogP contribution in [0.2, 0.25) is 0 Å². The Morgan fingerprint density at radius 3 is 2.58 bits per heavy atom. The Morgan fingerprint density at radius 2 is 1.95 bits per heavy atom. The summed E-state index contributed by atoms with van der Waals surface area (Å²) >= 11 is 0. The smallest absolute Gasteiger partial charge is 0.320 e. The van der Waals surface area contributed by atoms with E-state index < -0.39 is 5.97 Å². The second-order valence-corrected chi connectivity index (χ2v) is 5.43. The second kappa shape index (κ2) is 6.23. The molecule has 0 saturated carbocycles. The van der Waals surface area contributed by atoms with Crippen LogP contribution < -0.4 is 0 Å². The minimum atomic E-state index is -0.778. The largest absolute Gasteiger partial charge is 0.481 e. The lowest BCUT2D eigenvalue weighted by molar-refractivity contribution is -0.138. The van der Waals surface area contributed by atoms with E-state index in [4.69, 9.17) is 9.84 Å². The van der Waals surface area contributed by atoms with Gasteiger partial charge in [-0.25, -0.2) is 4.79 Å². The molecule has 0 spiro atoms. The van der Waals surface area contributed by atoms with Crippen molar-refractivity contribution in [3.05, 3.63) is 0 Å². The fourth-order valence-electron chi connectivity index (χ4n) is 2.95. The molecule has 19 heavy (non-hydrogen) atoms. The van der Waals surface area contributed by atoms with E-state index in [0.717, 1.165) is 32.4 Å². The lowest BCUT2D eigenvalue weighted by Crippen LogP contribution is -2.47. The van der Waals surface area contributed by atoms with Crippen molar-refractivity contribution in [2.75, 3.05) is 33.3 Å². The van der Waals surface area contributed by atoms with Gasteiger partial charge >= 0.3 is 12.0 Å². The van der Waals surface area contributed by atoms with Crippen molar-refractivity contribution >= 4 is 12.0 Å². The van der Waals surface area contributed by atoms with Crippen LogP contribution in [0.4, 0.5) is 4.79 Å². The maximum atomic E-state index is 12.3. The average molecular weight is 270 g/mol. The van der Waals surface area contributed by atoms with E-state index in [9.17, 15) is 9.59 Å². The molecule has 2 atom stereocenters. The first kappa shape index (κ1) is 14.1. The number of hydrogen-bond donors (Lipinski definition) is 1. The van der Waals surface area contributed by atoms with Gasteiger partial charge in [-0.1, -0.05) is 0 Å². The molecule has 0 radical (unpaired) electrons. The number of hydrogen-bond acceptors (Lipinski definition) is 3. The van der Waals surface area contributed by atoms with Gasteiger partial charge in [-0.05, 0) is 25.2 Å². The summed E-state index contributed by atoms with van der Waals surface area (Å²) in [6, 6.07) is 0.0367. The van der Waals surface area contributed by atoms with Gasteiger partial charge in [0.2, 0.25) is 0 Å². The third kappa shape index (κ3) is 3.59. The molecule has 2 amide bonds.